The fourth-order valence-corrected chi connectivity index (χ4v) is 1.36. The number of thiazole rings is 1. The molecule has 1 nitrogen and oxygen atoms in total. The molecule has 3 heteroatoms. The molecule has 2 rings (SSSR count). The first-order valence-corrected chi connectivity index (χ1v) is 3.50. The van der Waals surface area contributed by atoms with Crippen LogP contribution in [-0.2, 0) is 0 Å². The Balaban J connectivity index is 0.000000500. The van der Waals surface area contributed by atoms with Crippen molar-refractivity contribution in [2.75, 3.05) is 0 Å². The summed E-state index contributed by atoms with van der Waals surface area (Å²) in [4.78, 5) is 4.01. The van der Waals surface area contributed by atoms with Crippen molar-refractivity contribution >= 4 is 67.0 Å². The van der Waals surface area contributed by atoms with Crippen LogP contribution in [0.1, 0.15) is 1.43 Å². The van der Waals surface area contributed by atoms with Gasteiger partial charge in [0, 0.05) is 0 Å². The van der Waals surface area contributed by atoms with E-state index in [9.17, 15) is 0 Å². The first-order chi connectivity index (χ1) is 4.47. The summed E-state index contributed by atoms with van der Waals surface area (Å²) < 4.78 is 1.21. The van der Waals surface area contributed by atoms with Crippen molar-refractivity contribution in [1.82, 2.24) is 4.98 Å². The molecule has 10 heavy (non-hydrogen) atoms. The largest absolute Gasteiger partial charge is 2.00 e. The third-order valence-electron chi connectivity index (χ3n) is 1.19. The molecule has 0 aliphatic carbocycles. The molecule has 2 aromatic rings. The van der Waals surface area contributed by atoms with Crippen molar-refractivity contribution in [3.05, 3.63) is 29.8 Å². The smallest absolute Gasteiger partial charge is 1.00 e. The van der Waals surface area contributed by atoms with Gasteiger partial charge in [-0.05, 0) is 5.51 Å². The summed E-state index contributed by atoms with van der Waals surface area (Å²) in [6.45, 7) is 0. The van der Waals surface area contributed by atoms with E-state index in [0.29, 0.717) is 0 Å². The van der Waals surface area contributed by atoms with Gasteiger partial charge >= 0.3 is 45.5 Å². The number of benzene rings is 1. The minimum Gasteiger partial charge on any atom is -1.00 e. The van der Waals surface area contributed by atoms with E-state index in [4.69, 9.17) is 0 Å². The third-order valence-corrected chi connectivity index (χ3v) is 1.93. The second kappa shape index (κ2) is 3.83. The van der Waals surface area contributed by atoms with Gasteiger partial charge in [-0.2, -0.15) is 0 Å². The van der Waals surface area contributed by atoms with Crippen molar-refractivity contribution in [3.8, 4) is 0 Å². The minimum absolute atomic E-state index is 0. The van der Waals surface area contributed by atoms with Crippen LogP contribution in [0.25, 0.3) is 10.2 Å². The summed E-state index contributed by atoms with van der Waals surface area (Å²) in [5.74, 6) is 0. The average Bonchev–Trinajstić information content (AvgIpc) is 2.33. The maximum atomic E-state index is 4.01. The van der Waals surface area contributed by atoms with Crippen LogP contribution in [0.15, 0.2) is 24.3 Å². The summed E-state index contributed by atoms with van der Waals surface area (Å²) in [5, 5.41) is 0. The van der Waals surface area contributed by atoms with E-state index in [-0.39, 0.29) is 46.9 Å². The average molecular weight is 223 g/mol. The van der Waals surface area contributed by atoms with E-state index in [1.54, 1.807) is 11.3 Å². The Hall–Kier alpha value is 0.591. The molecule has 0 aliphatic rings. The Morgan fingerprint density at radius 3 is 3.00 bits per heavy atom. The van der Waals surface area contributed by atoms with Gasteiger partial charge < -0.3 is 6.41 Å². The number of aromatic nitrogens is 1. The molecule has 0 unspecified atom stereocenters. The first-order valence-electron chi connectivity index (χ1n) is 2.68. The maximum absolute atomic E-state index is 4.01. The molecule has 0 saturated carbocycles. The Morgan fingerprint density at radius 1 is 1.40 bits per heavy atom. The summed E-state index contributed by atoms with van der Waals surface area (Å²) in [6.07, 6.45) is 0. The van der Waals surface area contributed by atoms with Crippen molar-refractivity contribution in [1.29, 1.82) is 0 Å². The van der Waals surface area contributed by atoms with Crippen molar-refractivity contribution in [3.63, 3.8) is 0 Å². The minimum atomic E-state index is 0. The monoisotopic (exact) mass is 223 g/mol. The molecule has 0 amide bonds. The van der Waals surface area contributed by atoms with Crippen LogP contribution < -0.4 is 0 Å². The summed E-state index contributed by atoms with van der Waals surface area (Å²) >= 11 is 1.55. The molecule has 0 saturated heterocycles. The standard InChI is InChI=1S/C7H4NS.Sr.H/c1-2-4-7-6(3-1)8-5-9-7;;/h1-4H;;/q-1;+2;-1. The number of hydrogen-bond donors (Lipinski definition) is 0. The molecule has 0 aliphatic heterocycles. The Morgan fingerprint density at radius 2 is 2.20 bits per heavy atom. The zero-order valence-corrected chi connectivity index (χ0v) is 9.66. The van der Waals surface area contributed by atoms with E-state index < -0.39 is 0 Å². The van der Waals surface area contributed by atoms with Crippen molar-refractivity contribution in [2.24, 2.45) is 0 Å². The topological polar surface area (TPSA) is 12.9 Å². The quantitative estimate of drug-likeness (QED) is 0.490. The molecule has 0 N–H and O–H groups in total. The molecule has 0 atom stereocenters. The fraction of sp³-hybridized carbons (Fsp3) is 0. The van der Waals surface area contributed by atoms with E-state index in [2.05, 4.69) is 10.5 Å². The predicted octanol–water partition coefficient (Wildman–Crippen LogP) is 1.83. The van der Waals surface area contributed by atoms with Gasteiger partial charge in [-0.3, -0.25) is 11.3 Å². The van der Waals surface area contributed by atoms with Gasteiger partial charge in [0.05, 0.1) is 0 Å². The van der Waals surface area contributed by atoms with Crippen LogP contribution in [-0.4, -0.2) is 50.5 Å². The molecule has 46 valence electrons. The zero-order valence-electron chi connectivity index (χ0n) is 6.37. The van der Waals surface area contributed by atoms with Crippen LogP contribution >= 0.6 is 11.3 Å². The SMILES string of the molecule is [H-].[Sr+2].[c-]1nc2ccccc2s1. The van der Waals surface area contributed by atoms with Crippen LogP contribution in [0, 0.1) is 5.51 Å². The van der Waals surface area contributed by atoms with Gasteiger partial charge in [0.1, 0.15) is 0 Å². The van der Waals surface area contributed by atoms with Crippen molar-refractivity contribution in [2.45, 2.75) is 0 Å². The van der Waals surface area contributed by atoms with E-state index in [1.807, 2.05) is 24.3 Å². The molecular formula is C7H5NSSr. The Kier molecular flexibility index (Phi) is 3.33. The number of rotatable bonds is 0. The summed E-state index contributed by atoms with van der Waals surface area (Å²) in [6, 6.07) is 8.02. The maximum Gasteiger partial charge on any atom is 2.00 e. The van der Waals surface area contributed by atoms with Crippen LogP contribution in [0.5, 0.6) is 0 Å². The second-order valence-electron chi connectivity index (χ2n) is 1.77. The number of nitrogens with zero attached hydrogens (tertiary/aromatic N) is 1. The fourth-order valence-electron chi connectivity index (χ4n) is 0.757. The molecule has 0 bridgehead atoms. The molecule has 1 aromatic heterocycles. The summed E-state index contributed by atoms with van der Waals surface area (Å²) in [5.41, 5.74) is 3.87. The zero-order chi connectivity index (χ0) is 6.10. The van der Waals surface area contributed by atoms with E-state index in [1.165, 1.54) is 4.70 Å². The Labute approximate surface area is 102 Å². The molecule has 0 radical (unpaired) electrons. The summed E-state index contributed by atoms with van der Waals surface area (Å²) in [7, 11) is 0. The third kappa shape index (κ3) is 1.60. The van der Waals surface area contributed by atoms with Gasteiger partial charge in [0.2, 0.25) is 0 Å². The van der Waals surface area contributed by atoms with Gasteiger partial charge in [-0.1, -0.05) is 17.6 Å². The predicted molar refractivity (Wildman–Crippen MR) is 45.3 cm³/mol. The van der Waals surface area contributed by atoms with Crippen LogP contribution in [0.3, 0.4) is 0 Å². The van der Waals surface area contributed by atoms with Crippen molar-refractivity contribution < 1.29 is 1.43 Å². The molecule has 1 heterocycles. The first kappa shape index (κ1) is 8.68. The number of hydrogen-bond acceptors (Lipinski definition) is 2. The van der Waals surface area contributed by atoms with Gasteiger partial charge in [-0.25, -0.2) is 0 Å². The molecule has 0 fully saturated rings. The molecule has 1 aromatic carbocycles. The Bertz CT molecular complexity index is 292. The second-order valence-corrected chi connectivity index (χ2v) is 2.60. The molecule has 0 spiro atoms. The number of para-hydroxylation sites is 1. The van der Waals surface area contributed by atoms with Gasteiger partial charge in [-0.15, -0.1) is 16.8 Å². The molecular weight excluding hydrogens is 218 g/mol. The van der Waals surface area contributed by atoms with Gasteiger partial charge in [0.25, 0.3) is 0 Å². The normalized spacial score (nSPS) is 9.20. The van der Waals surface area contributed by atoms with E-state index >= 15 is 0 Å². The number of fused-ring (bicyclic) bond motifs is 1. The van der Waals surface area contributed by atoms with Crippen LogP contribution in [0.2, 0.25) is 0 Å². The van der Waals surface area contributed by atoms with Crippen LogP contribution in [0.4, 0.5) is 0 Å². The van der Waals surface area contributed by atoms with E-state index in [0.717, 1.165) is 5.52 Å². The van der Waals surface area contributed by atoms with Gasteiger partial charge in [0.15, 0.2) is 0 Å².